The van der Waals surface area contributed by atoms with Crippen LogP contribution in [-0.4, -0.2) is 121 Å². The van der Waals surface area contributed by atoms with E-state index in [2.05, 4.69) is 19.8 Å². The summed E-state index contributed by atoms with van der Waals surface area (Å²) in [6, 6.07) is 9.66. The Hall–Kier alpha value is -2.84. The fourth-order valence-corrected chi connectivity index (χ4v) is 8.33. The molecule has 3 N–H and O–H groups in total. The maximum Gasteiger partial charge on any atom is 0.264 e. The lowest BCUT2D eigenvalue weighted by atomic mass is 9.96. The largest absolute Gasteiger partial charge is 0.390 e. The molecule has 12 nitrogen and oxygen atoms in total. The molecule has 2 bridgehead atoms. The summed E-state index contributed by atoms with van der Waals surface area (Å²) >= 11 is 0. The number of rotatable bonds is 13. The summed E-state index contributed by atoms with van der Waals surface area (Å²) in [5, 5.41) is 15.1. The van der Waals surface area contributed by atoms with Crippen LogP contribution in [-0.2, 0) is 14.8 Å². The summed E-state index contributed by atoms with van der Waals surface area (Å²) in [6.07, 6.45) is 5.80. The normalized spacial score (nSPS) is 23.3. The number of para-hydroxylation sites is 1. The number of fused-ring (bicyclic) bond motifs is 3. The second kappa shape index (κ2) is 15.1. The standard InChI is InChI=1S/C34H52N6O6S/c1-23(2)40-32-8-6-5-7-26(32)17-31(34(40)44)33(43)36-27-18-28-9-10-29(19-27)39(28)22-30(42)21-38(24(3)41)16-15-37-13-11-25(12-14-37)20-35-47(4,45)46/h5-8,17,23,25,27-30,35,42H,9-16,18-22H2,1-4H3,(H,36,43)/t28-,29-,30?/m0/s1. The van der Waals surface area contributed by atoms with Crippen molar-refractivity contribution in [1.29, 1.82) is 0 Å². The summed E-state index contributed by atoms with van der Waals surface area (Å²) in [7, 11) is -3.19. The van der Waals surface area contributed by atoms with Crippen molar-refractivity contribution in [3.63, 3.8) is 0 Å². The minimum absolute atomic E-state index is 0.0493. The highest BCUT2D eigenvalue weighted by atomic mass is 32.2. The van der Waals surface area contributed by atoms with Crippen LogP contribution in [0.3, 0.4) is 0 Å². The van der Waals surface area contributed by atoms with Crippen LogP contribution in [0.1, 0.15) is 75.7 Å². The van der Waals surface area contributed by atoms with Crippen LogP contribution in [0.5, 0.6) is 0 Å². The van der Waals surface area contributed by atoms with E-state index in [1.165, 1.54) is 6.26 Å². The van der Waals surface area contributed by atoms with Crippen LogP contribution in [0.25, 0.3) is 10.9 Å². The van der Waals surface area contributed by atoms with Gasteiger partial charge in [0.2, 0.25) is 15.9 Å². The Morgan fingerprint density at radius 1 is 1.06 bits per heavy atom. The Labute approximate surface area is 278 Å². The van der Waals surface area contributed by atoms with Crippen molar-refractivity contribution in [2.45, 2.75) is 89.6 Å². The van der Waals surface area contributed by atoms with Gasteiger partial charge in [-0.1, -0.05) is 18.2 Å². The average molecular weight is 673 g/mol. The molecule has 3 atom stereocenters. The Balaban J connectivity index is 1.11. The van der Waals surface area contributed by atoms with Gasteiger partial charge in [0.1, 0.15) is 5.56 Å². The van der Waals surface area contributed by atoms with Crippen molar-refractivity contribution in [2.75, 3.05) is 52.1 Å². The molecule has 0 radical (unpaired) electrons. The monoisotopic (exact) mass is 672 g/mol. The second-order valence-electron chi connectivity index (χ2n) is 14.1. The predicted octanol–water partition coefficient (Wildman–Crippen LogP) is 1.78. The average Bonchev–Trinajstić information content (AvgIpc) is 3.23. The van der Waals surface area contributed by atoms with Crippen molar-refractivity contribution in [3.05, 3.63) is 46.2 Å². The number of likely N-dealkylation sites (tertiary alicyclic amines) is 1. The Morgan fingerprint density at radius 3 is 2.34 bits per heavy atom. The minimum atomic E-state index is -3.19. The first-order valence-electron chi connectivity index (χ1n) is 17.1. The van der Waals surface area contributed by atoms with Crippen LogP contribution >= 0.6 is 0 Å². The number of hydrogen-bond acceptors (Lipinski definition) is 8. The first-order chi connectivity index (χ1) is 22.3. The van der Waals surface area contributed by atoms with Gasteiger partial charge in [-0.2, -0.15) is 0 Å². The smallest absolute Gasteiger partial charge is 0.264 e. The lowest BCUT2D eigenvalue weighted by molar-refractivity contribution is -0.130. The van der Waals surface area contributed by atoms with Gasteiger partial charge in [0.05, 0.1) is 17.9 Å². The molecule has 3 saturated heterocycles. The zero-order chi connectivity index (χ0) is 33.9. The second-order valence-corrected chi connectivity index (χ2v) is 16.0. The quantitative estimate of drug-likeness (QED) is 0.292. The Kier molecular flexibility index (Phi) is 11.4. The van der Waals surface area contributed by atoms with Crippen LogP contribution in [0, 0.1) is 5.92 Å². The molecule has 1 aromatic heterocycles. The highest BCUT2D eigenvalue weighted by Gasteiger charge is 2.42. The van der Waals surface area contributed by atoms with Gasteiger partial charge >= 0.3 is 0 Å². The first kappa shape index (κ1) is 35.5. The number of amides is 2. The molecule has 2 amide bonds. The number of aliphatic hydroxyl groups excluding tert-OH is 1. The third-order valence-corrected chi connectivity index (χ3v) is 10.9. The molecule has 3 aliphatic heterocycles. The lowest BCUT2D eigenvalue weighted by Crippen LogP contribution is -2.54. The van der Waals surface area contributed by atoms with E-state index in [4.69, 9.17) is 0 Å². The number of benzene rings is 1. The molecule has 5 rings (SSSR count). The molecule has 4 heterocycles. The summed E-state index contributed by atoms with van der Waals surface area (Å²) in [5.74, 6) is -0.0787. The third-order valence-electron chi connectivity index (χ3n) is 10.3. The van der Waals surface area contributed by atoms with Crippen LogP contribution < -0.4 is 15.6 Å². The van der Waals surface area contributed by atoms with Gasteiger partial charge in [0.15, 0.2) is 0 Å². The van der Waals surface area contributed by atoms with E-state index in [1.807, 2.05) is 38.1 Å². The molecule has 2 aromatic rings. The van der Waals surface area contributed by atoms with Gasteiger partial charge in [-0.15, -0.1) is 0 Å². The summed E-state index contributed by atoms with van der Waals surface area (Å²) in [4.78, 5) is 45.7. The van der Waals surface area contributed by atoms with Crippen molar-refractivity contribution in [1.82, 2.24) is 29.3 Å². The number of piperidine rings is 2. The number of nitrogens with zero attached hydrogens (tertiary/aromatic N) is 4. The van der Waals surface area contributed by atoms with E-state index in [9.17, 15) is 27.9 Å². The zero-order valence-electron chi connectivity index (χ0n) is 28.2. The topological polar surface area (TPSA) is 144 Å². The molecule has 3 aliphatic rings. The summed E-state index contributed by atoms with van der Waals surface area (Å²) < 4.78 is 27.1. The molecule has 0 saturated carbocycles. The molecule has 47 heavy (non-hydrogen) atoms. The van der Waals surface area contributed by atoms with E-state index in [1.54, 1.807) is 22.5 Å². The number of nitrogens with one attached hydrogen (secondary N) is 2. The molecule has 1 aromatic carbocycles. The number of hydrogen-bond donors (Lipinski definition) is 3. The molecule has 0 aliphatic carbocycles. The molecule has 0 spiro atoms. The van der Waals surface area contributed by atoms with Crippen molar-refractivity contribution in [2.24, 2.45) is 5.92 Å². The number of sulfonamides is 1. The highest BCUT2D eigenvalue weighted by molar-refractivity contribution is 7.88. The number of carbonyl (C=O) groups is 2. The van der Waals surface area contributed by atoms with Crippen LogP contribution in [0.4, 0.5) is 0 Å². The highest BCUT2D eigenvalue weighted by Crippen LogP contribution is 2.36. The summed E-state index contributed by atoms with van der Waals surface area (Å²) in [5.41, 5.74) is 0.708. The van der Waals surface area contributed by atoms with Crippen molar-refractivity contribution >= 4 is 32.7 Å². The molecule has 3 fully saturated rings. The van der Waals surface area contributed by atoms with E-state index in [0.29, 0.717) is 32.1 Å². The van der Waals surface area contributed by atoms with Gasteiger partial charge in [-0.25, -0.2) is 13.1 Å². The zero-order valence-corrected chi connectivity index (χ0v) is 29.0. The Morgan fingerprint density at radius 2 is 1.72 bits per heavy atom. The fraction of sp³-hybridized carbons (Fsp3) is 0.676. The fourth-order valence-electron chi connectivity index (χ4n) is 7.79. The van der Waals surface area contributed by atoms with E-state index < -0.39 is 16.1 Å². The van der Waals surface area contributed by atoms with Gasteiger partial charge < -0.3 is 24.8 Å². The minimum Gasteiger partial charge on any atom is -0.390 e. The number of aliphatic hydroxyl groups is 1. The van der Waals surface area contributed by atoms with E-state index >= 15 is 0 Å². The first-order valence-corrected chi connectivity index (χ1v) is 19.0. The molecule has 13 heteroatoms. The summed E-state index contributed by atoms with van der Waals surface area (Å²) in [6.45, 7) is 9.60. The number of carbonyl (C=O) groups excluding carboxylic acids is 2. The lowest BCUT2D eigenvalue weighted by Gasteiger charge is -2.40. The van der Waals surface area contributed by atoms with Crippen molar-refractivity contribution in [3.8, 4) is 0 Å². The number of aromatic nitrogens is 1. The van der Waals surface area contributed by atoms with Crippen molar-refractivity contribution < 1.29 is 23.1 Å². The van der Waals surface area contributed by atoms with Crippen LogP contribution in [0.2, 0.25) is 0 Å². The van der Waals surface area contributed by atoms with Gasteiger partial charge in [0.25, 0.3) is 11.5 Å². The SMILES string of the molecule is CC(=O)N(CCN1CCC(CNS(C)(=O)=O)CC1)CC(O)CN1[C@H]2CC[C@H]1CC(NC(=O)c1cc3ccccc3n(C(C)C)c1=O)C2. The van der Waals surface area contributed by atoms with Gasteiger partial charge in [-0.3, -0.25) is 19.3 Å². The molecular formula is C34H52N6O6S. The maximum absolute atomic E-state index is 13.4. The Bertz CT molecular complexity index is 1570. The third kappa shape index (κ3) is 9.00. The van der Waals surface area contributed by atoms with Gasteiger partial charge in [-0.05, 0) is 88.9 Å². The molecule has 260 valence electrons. The van der Waals surface area contributed by atoms with E-state index in [0.717, 1.165) is 62.5 Å². The molecule has 1 unspecified atom stereocenters. The van der Waals surface area contributed by atoms with Gasteiger partial charge in [0, 0.05) is 63.8 Å². The number of pyridine rings is 1. The van der Waals surface area contributed by atoms with E-state index in [-0.39, 0.29) is 53.6 Å². The van der Waals surface area contributed by atoms with Crippen LogP contribution in [0.15, 0.2) is 35.1 Å². The molecular weight excluding hydrogens is 620 g/mol. The predicted molar refractivity (Wildman–Crippen MR) is 183 cm³/mol. The maximum atomic E-state index is 13.4.